The molecule has 5 heteroatoms. The highest BCUT2D eigenvalue weighted by atomic mass is 16.5. The van der Waals surface area contributed by atoms with E-state index in [-0.39, 0.29) is 17.1 Å². The lowest BCUT2D eigenvalue weighted by Gasteiger charge is -2.47. The fraction of sp³-hybridized carbons (Fsp3) is 0.929. The molecule has 0 aromatic rings. The van der Waals surface area contributed by atoms with Gasteiger partial charge in [-0.15, -0.1) is 0 Å². The van der Waals surface area contributed by atoms with Gasteiger partial charge >= 0.3 is 0 Å². The maximum absolute atomic E-state index is 11.0. The van der Waals surface area contributed by atoms with Crippen molar-refractivity contribution in [1.82, 2.24) is 10.3 Å². The molecule has 0 spiro atoms. The number of nitrogens with two attached hydrogens (primary N) is 1. The van der Waals surface area contributed by atoms with Crippen molar-refractivity contribution in [2.75, 3.05) is 19.6 Å². The summed E-state index contributed by atoms with van der Waals surface area (Å²) in [5.74, 6) is 4.97. The largest absolute Gasteiger partial charge is 0.367 e. The lowest BCUT2D eigenvalue weighted by atomic mass is 9.98. The van der Waals surface area contributed by atoms with E-state index in [4.69, 9.17) is 10.6 Å². The molecule has 0 saturated carbocycles. The Morgan fingerprint density at radius 2 is 1.74 bits per heavy atom. The monoisotopic (exact) mass is 271 g/mol. The molecule has 1 rings (SSSR count). The van der Waals surface area contributed by atoms with Crippen molar-refractivity contribution in [3.63, 3.8) is 0 Å². The minimum Gasteiger partial charge on any atom is -0.367 e. The van der Waals surface area contributed by atoms with Gasteiger partial charge in [0.05, 0.1) is 11.2 Å². The summed E-state index contributed by atoms with van der Waals surface area (Å²) in [5, 5.41) is 0. The molecule has 0 aliphatic carbocycles. The maximum Gasteiger partial charge on any atom is 0.233 e. The van der Waals surface area contributed by atoms with Gasteiger partial charge in [0.25, 0.3) is 0 Å². The van der Waals surface area contributed by atoms with E-state index in [1.807, 2.05) is 0 Å². The van der Waals surface area contributed by atoms with Gasteiger partial charge < -0.3 is 4.74 Å². The predicted octanol–water partition coefficient (Wildman–Crippen LogP) is 1.43. The maximum atomic E-state index is 11.0. The summed E-state index contributed by atoms with van der Waals surface area (Å²) < 4.78 is 6.06. The van der Waals surface area contributed by atoms with Gasteiger partial charge in [0, 0.05) is 19.5 Å². The number of nitrogens with one attached hydrogen (secondary N) is 1. The average Bonchev–Trinajstić information content (AvgIpc) is 2.24. The van der Waals surface area contributed by atoms with Crippen LogP contribution >= 0.6 is 0 Å². The van der Waals surface area contributed by atoms with Gasteiger partial charge in [-0.05, 0) is 47.1 Å². The molecule has 0 bridgehead atoms. The van der Waals surface area contributed by atoms with E-state index < -0.39 is 0 Å². The van der Waals surface area contributed by atoms with E-state index >= 15 is 0 Å². The number of hydrazine groups is 1. The van der Waals surface area contributed by atoms with Crippen LogP contribution in [0, 0.1) is 0 Å². The topological polar surface area (TPSA) is 67.6 Å². The molecule has 1 aliphatic rings. The Morgan fingerprint density at radius 1 is 1.16 bits per heavy atom. The summed E-state index contributed by atoms with van der Waals surface area (Å²) in [4.78, 5) is 13.4. The molecule has 0 atom stereocenters. The Hall–Kier alpha value is -0.650. The first-order valence-corrected chi connectivity index (χ1v) is 7.16. The van der Waals surface area contributed by atoms with Crippen molar-refractivity contribution in [3.8, 4) is 0 Å². The van der Waals surface area contributed by atoms with Gasteiger partial charge in [0.2, 0.25) is 5.91 Å². The van der Waals surface area contributed by atoms with Gasteiger partial charge in [-0.1, -0.05) is 6.42 Å². The third-order valence-corrected chi connectivity index (χ3v) is 3.30. The molecule has 0 radical (unpaired) electrons. The van der Waals surface area contributed by atoms with E-state index in [0.29, 0.717) is 6.42 Å². The van der Waals surface area contributed by atoms with Crippen LogP contribution in [0.25, 0.3) is 0 Å². The van der Waals surface area contributed by atoms with Gasteiger partial charge in [0.1, 0.15) is 0 Å². The highest BCUT2D eigenvalue weighted by Crippen LogP contribution is 2.28. The van der Waals surface area contributed by atoms with Crippen molar-refractivity contribution in [2.24, 2.45) is 5.84 Å². The van der Waals surface area contributed by atoms with Crippen LogP contribution in [-0.4, -0.2) is 41.6 Å². The fourth-order valence-corrected chi connectivity index (χ4v) is 2.97. The van der Waals surface area contributed by atoms with E-state index in [1.165, 1.54) is 0 Å². The molecule has 1 saturated heterocycles. The molecule has 19 heavy (non-hydrogen) atoms. The third kappa shape index (κ3) is 6.36. The lowest BCUT2D eigenvalue weighted by molar-refractivity contribution is -0.180. The zero-order valence-electron chi connectivity index (χ0n) is 12.8. The van der Waals surface area contributed by atoms with Crippen molar-refractivity contribution in [1.29, 1.82) is 0 Å². The number of rotatable bonds is 6. The molecule has 1 fully saturated rings. The molecule has 3 N–H and O–H groups in total. The van der Waals surface area contributed by atoms with Crippen molar-refractivity contribution < 1.29 is 9.53 Å². The average molecular weight is 271 g/mol. The summed E-state index contributed by atoms with van der Waals surface area (Å²) in [6.45, 7) is 11.6. The number of hydrogen-bond donors (Lipinski definition) is 2. The third-order valence-electron chi connectivity index (χ3n) is 3.30. The molecule has 0 unspecified atom stereocenters. The SMILES string of the molecule is CC1(C)CN(CCCCCC(=O)NN)CC(C)(C)O1. The first-order valence-electron chi connectivity index (χ1n) is 7.16. The van der Waals surface area contributed by atoms with Crippen LogP contribution in [0.5, 0.6) is 0 Å². The zero-order chi connectivity index (χ0) is 14.5. The molecular weight excluding hydrogens is 242 g/mol. The van der Waals surface area contributed by atoms with E-state index in [0.717, 1.165) is 38.9 Å². The van der Waals surface area contributed by atoms with Crippen molar-refractivity contribution in [3.05, 3.63) is 0 Å². The van der Waals surface area contributed by atoms with Gasteiger partial charge in [-0.25, -0.2) is 5.84 Å². The molecule has 112 valence electrons. The van der Waals surface area contributed by atoms with Gasteiger partial charge in [-0.3, -0.25) is 15.1 Å². The Balaban J connectivity index is 2.24. The summed E-state index contributed by atoms with van der Waals surface area (Å²) in [7, 11) is 0. The minimum atomic E-state index is -0.0822. The summed E-state index contributed by atoms with van der Waals surface area (Å²) >= 11 is 0. The Labute approximate surface area is 116 Å². The summed E-state index contributed by atoms with van der Waals surface area (Å²) in [5.41, 5.74) is 2.00. The van der Waals surface area contributed by atoms with Gasteiger partial charge in [0.15, 0.2) is 0 Å². The van der Waals surface area contributed by atoms with Crippen molar-refractivity contribution >= 4 is 5.91 Å². The van der Waals surface area contributed by atoms with E-state index in [2.05, 4.69) is 38.0 Å². The Bertz CT molecular complexity index is 287. The molecule has 5 nitrogen and oxygen atoms in total. The number of amides is 1. The number of morpholine rings is 1. The lowest BCUT2D eigenvalue weighted by Crippen LogP contribution is -2.57. The standard InChI is InChI=1S/C14H29N3O2/c1-13(2)10-17(11-14(3,4)19-13)9-7-5-6-8-12(18)16-15/h5-11,15H2,1-4H3,(H,16,18). The Kier molecular flexibility index (Phi) is 5.77. The fourth-order valence-electron chi connectivity index (χ4n) is 2.97. The highest BCUT2D eigenvalue weighted by Gasteiger charge is 2.37. The van der Waals surface area contributed by atoms with Crippen molar-refractivity contribution in [2.45, 2.75) is 64.6 Å². The van der Waals surface area contributed by atoms with Crippen LogP contribution in [-0.2, 0) is 9.53 Å². The second-order valence-electron chi connectivity index (χ2n) is 6.71. The van der Waals surface area contributed by atoms with Crippen LogP contribution in [0.1, 0.15) is 53.4 Å². The van der Waals surface area contributed by atoms with E-state index in [9.17, 15) is 4.79 Å². The molecule has 1 aliphatic heterocycles. The molecule has 1 amide bonds. The Morgan fingerprint density at radius 3 is 2.26 bits per heavy atom. The first kappa shape index (κ1) is 16.4. The molecule has 1 heterocycles. The number of unbranched alkanes of at least 4 members (excludes halogenated alkanes) is 2. The number of carbonyl (C=O) groups is 1. The number of hydrogen-bond acceptors (Lipinski definition) is 4. The van der Waals surface area contributed by atoms with Crippen LogP contribution < -0.4 is 11.3 Å². The zero-order valence-corrected chi connectivity index (χ0v) is 12.8. The number of ether oxygens (including phenoxy) is 1. The van der Waals surface area contributed by atoms with E-state index in [1.54, 1.807) is 0 Å². The molecular formula is C14H29N3O2. The second-order valence-corrected chi connectivity index (χ2v) is 6.71. The number of nitrogens with zero attached hydrogens (tertiary/aromatic N) is 1. The second kappa shape index (κ2) is 6.68. The van der Waals surface area contributed by atoms with Crippen LogP contribution in [0.4, 0.5) is 0 Å². The normalized spacial score (nSPS) is 22.2. The smallest absolute Gasteiger partial charge is 0.233 e. The van der Waals surface area contributed by atoms with Gasteiger partial charge in [-0.2, -0.15) is 0 Å². The van der Waals surface area contributed by atoms with Crippen LogP contribution in [0.3, 0.4) is 0 Å². The highest BCUT2D eigenvalue weighted by molar-refractivity contribution is 5.74. The quantitative estimate of drug-likeness (QED) is 0.332. The molecule has 0 aromatic heterocycles. The molecule has 0 aromatic carbocycles. The van der Waals surface area contributed by atoms with Crippen LogP contribution in [0.15, 0.2) is 0 Å². The number of carbonyl (C=O) groups excluding carboxylic acids is 1. The van der Waals surface area contributed by atoms with Crippen LogP contribution in [0.2, 0.25) is 0 Å². The minimum absolute atomic E-state index is 0.0753. The first-order chi connectivity index (χ1) is 8.74. The summed E-state index contributed by atoms with van der Waals surface area (Å²) in [6.07, 6.45) is 3.60. The predicted molar refractivity (Wildman–Crippen MR) is 76.5 cm³/mol. The summed E-state index contributed by atoms with van der Waals surface area (Å²) in [6, 6.07) is 0.